The van der Waals surface area contributed by atoms with E-state index in [1.54, 1.807) is 18.2 Å². The van der Waals surface area contributed by atoms with Crippen LogP contribution in [0.15, 0.2) is 34.8 Å². The van der Waals surface area contributed by atoms with Gasteiger partial charge in [-0.2, -0.15) is 0 Å². The van der Waals surface area contributed by atoms with Gasteiger partial charge in [0.2, 0.25) is 0 Å². The lowest BCUT2D eigenvalue weighted by Crippen LogP contribution is -2.03. The number of rotatable bonds is 2. The molecule has 0 spiro atoms. The van der Waals surface area contributed by atoms with Crippen molar-refractivity contribution < 1.29 is 4.79 Å². The van der Waals surface area contributed by atoms with Crippen LogP contribution < -0.4 is 0 Å². The van der Waals surface area contributed by atoms with Crippen LogP contribution in [0.5, 0.6) is 0 Å². The number of carbonyl (C=O) groups excluding carboxylic acids is 1. The number of benzene rings is 2. The van der Waals surface area contributed by atoms with E-state index in [1.807, 2.05) is 26.0 Å². The first-order chi connectivity index (χ1) is 8.90. The van der Waals surface area contributed by atoms with E-state index in [4.69, 9.17) is 23.2 Å². The third kappa shape index (κ3) is 3.02. The third-order valence-corrected chi connectivity index (χ3v) is 4.54. The molecule has 4 heteroatoms. The Balaban J connectivity index is 2.49. The van der Waals surface area contributed by atoms with Gasteiger partial charge in [0.1, 0.15) is 0 Å². The van der Waals surface area contributed by atoms with Gasteiger partial charge in [0.05, 0.1) is 10.0 Å². The second-order valence-corrected chi connectivity index (χ2v) is 6.04. The van der Waals surface area contributed by atoms with E-state index in [-0.39, 0.29) is 5.78 Å². The van der Waals surface area contributed by atoms with Crippen molar-refractivity contribution in [2.45, 2.75) is 13.8 Å². The Bertz CT molecular complexity index is 665. The molecule has 0 unspecified atom stereocenters. The number of aryl methyl sites for hydroxylation is 2. The maximum atomic E-state index is 12.4. The summed E-state index contributed by atoms with van der Waals surface area (Å²) in [5.74, 6) is -0.106. The highest BCUT2D eigenvalue weighted by molar-refractivity contribution is 9.10. The highest BCUT2D eigenvalue weighted by Crippen LogP contribution is 2.27. The van der Waals surface area contributed by atoms with E-state index in [0.717, 1.165) is 11.1 Å². The van der Waals surface area contributed by atoms with Gasteiger partial charge in [0.25, 0.3) is 0 Å². The summed E-state index contributed by atoms with van der Waals surface area (Å²) in [6.07, 6.45) is 0. The summed E-state index contributed by atoms with van der Waals surface area (Å²) in [4.78, 5) is 12.4. The zero-order valence-corrected chi connectivity index (χ0v) is 13.5. The smallest absolute Gasteiger partial charge is 0.194 e. The van der Waals surface area contributed by atoms with Gasteiger partial charge in [-0.25, -0.2) is 0 Å². The van der Waals surface area contributed by atoms with Crippen LogP contribution in [0.3, 0.4) is 0 Å². The fraction of sp³-hybridized carbons (Fsp3) is 0.133. The zero-order chi connectivity index (χ0) is 14.2. The first kappa shape index (κ1) is 14.6. The monoisotopic (exact) mass is 356 g/mol. The van der Waals surface area contributed by atoms with Crippen LogP contribution in [-0.2, 0) is 0 Å². The molecule has 0 saturated carbocycles. The van der Waals surface area contributed by atoms with Gasteiger partial charge >= 0.3 is 0 Å². The number of ketones is 1. The fourth-order valence-electron chi connectivity index (χ4n) is 1.75. The normalized spacial score (nSPS) is 10.6. The summed E-state index contributed by atoms with van der Waals surface area (Å²) in [5, 5.41) is 1.04. The average molecular weight is 358 g/mol. The molecule has 0 aliphatic rings. The second-order valence-electron chi connectivity index (χ2n) is 4.37. The molecule has 2 aromatic rings. The molecule has 0 saturated heterocycles. The SMILES string of the molecule is Cc1cc(Cl)c(C(=O)c2ccc(Cl)c(Br)c2)cc1C. The Morgan fingerprint density at radius 2 is 1.63 bits per heavy atom. The van der Waals surface area contributed by atoms with Crippen molar-refractivity contribution >= 4 is 44.9 Å². The molecule has 0 aromatic heterocycles. The number of hydrogen-bond donors (Lipinski definition) is 0. The lowest BCUT2D eigenvalue weighted by molar-refractivity contribution is 0.103. The molecule has 1 nitrogen and oxygen atoms in total. The van der Waals surface area contributed by atoms with Crippen LogP contribution in [-0.4, -0.2) is 5.78 Å². The Morgan fingerprint density at radius 3 is 2.26 bits per heavy atom. The summed E-state index contributed by atoms with van der Waals surface area (Å²) in [5.41, 5.74) is 3.18. The highest BCUT2D eigenvalue weighted by Gasteiger charge is 2.15. The van der Waals surface area contributed by atoms with Crippen molar-refractivity contribution in [3.8, 4) is 0 Å². The first-order valence-corrected chi connectivity index (χ1v) is 7.21. The molecule has 0 N–H and O–H groups in total. The minimum atomic E-state index is -0.106. The predicted molar refractivity (Wildman–Crippen MR) is 83.5 cm³/mol. The van der Waals surface area contributed by atoms with Crippen molar-refractivity contribution in [1.29, 1.82) is 0 Å². The van der Waals surface area contributed by atoms with Gasteiger partial charge < -0.3 is 0 Å². The molecule has 0 aliphatic heterocycles. The fourth-order valence-corrected chi connectivity index (χ4v) is 2.55. The zero-order valence-electron chi connectivity index (χ0n) is 10.4. The van der Waals surface area contributed by atoms with Crippen molar-refractivity contribution in [2.24, 2.45) is 0 Å². The molecule has 0 bridgehead atoms. The number of hydrogen-bond acceptors (Lipinski definition) is 1. The summed E-state index contributed by atoms with van der Waals surface area (Å²) in [6, 6.07) is 8.72. The Labute approximate surface area is 130 Å². The van der Waals surface area contributed by atoms with Crippen LogP contribution >= 0.6 is 39.1 Å². The molecule has 2 rings (SSSR count). The molecular weight excluding hydrogens is 347 g/mol. The quantitative estimate of drug-likeness (QED) is 0.639. The van der Waals surface area contributed by atoms with Crippen molar-refractivity contribution in [3.05, 3.63) is 67.1 Å². The summed E-state index contributed by atoms with van der Waals surface area (Å²) in [6.45, 7) is 3.93. The van der Waals surface area contributed by atoms with E-state index >= 15 is 0 Å². The molecule has 0 radical (unpaired) electrons. The third-order valence-electron chi connectivity index (χ3n) is 3.01. The van der Waals surface area contributed by atoms with Crippen molar-refractivity contribution in [2.75, 3.05) is 0 Å². The van der Waals surface area contributed by atoms with Crippen molar-refractivity contribution in [1.82, 2.24) is 0 Å². The van der Waals surface area contributed by atoms with E-state index in [2.05, 4.69) is 15.9 Å². The van der Waals surface area contributed by atoms with Crippen LogP contribution in [0.4, 0.5) is 0 Å². The molecule has 98 valence electrons. The van der Waals surface area contributed by atoms with E-state index in [1.165, 1.54) is 0 Å². The average Bonchev–Trinajstić information content (AvgIpc) is 2.36. The maximum absolute atomic E-state index is 12.4. The van der Waals surface area contributed by atoms with Gasteiger partial charge in [0, 0.05) is 15.6 Å². The topological polar surface area (TPSA) is 17.1 Å². The Hall–Kier alpha value is -0.830. The van der Waals surface area contributed by atoms with Crippen LogP contribution in [0.25, 0.3) is 0 Å². The van der Waals surface area contributed by atoms with Gasteiger partial charge in [-0.1, -0.05) is 23.2 Å². The lowest BCUT2D eigenvalue weighted by Gasteiger charge is -2.08. The molecule has 0 fully saturated rings. The highest BCUT2D eigenvalue weighted by atomic mass is 79.9. The standard InChI is InChI=1S/C15H11BrCl2O/c1-8-5-11(14(18)6-9(8)2)15(19)10-3-4-13(17)12(16)7-10/h3-7H,1-2H3. The van der Waals surface area contributed by atoms with Crippen LogP contribution in [0.2, 0.25) is 10.0 Å². The van der Waals surface area contributed by atoms with Gasteiger partial charge in [-0.05, 0) is 71.2 Å². The van der Waals surface area contributed by atoms with Gasteiger partial charge in [-0.15, -0.1) is 0 Å². The molecule has 0 aliphatic carbocycles. The molecule has 0 amide bonds. The van der Waals surface area contributed by atoms with E-state index < -0.39 is 0 Å². The van der Waals surface area contributed by atoms with Crippen LogP contribution in [0.1, 0.15) is 27.0 Å². The molecular formula is C15H11BrCl2O. The van der Waals surface area contributed by atoms with Gasteiger partial charge in [0.15, 0.2) is 5.78 Å². The van der Waals surface area contributed by atoms with Crippen LogP contribution in [0, 0.1) is 13.8 Å². The summed E-state index contributed by atoms with van der Waals surface area (Å²) in [7, 11) is 0. The molecule has 0 atom stereocenters. The first-order valence-electron chi connectivity index (χ1n) is 5.66. The molecule has 19 heavy (non-hydrogen) atoms. The minimum Gasteiger partial charge on any atom is -0.289 e. The Kier molecular flexibility index (Phi) is 4.34. The summed E-state index contributed by atoms with van der Waals surface area (Å²) >= 11 is 15.4. The lowest BCUT2D eigenvalue weighted by atomic mass is 9.99. The van der Waals surface area contributed by atoms with Crippen molar-refractivity contribution in [3.63, 3.8) is 0 Å². The Morgan fingerprint density at radius 1 is 1.00 bits per heavy atom. The second kappa shape index (κ2) is 5.66. The number of carbonyl (C=O) groups is 1. The molecule has 0 heterocycles. The van der Waals surface area contributed by atoms with E-state index in [0.29, 0.717) is 25.6 Å². The van der Waals surface area contributed by atoms with E-state index in [9.17, 15) is 4.79 Å². The minimum absolute atomic E-state index is 0.106. The number of halogens is 3. The predicted octanol–water partition coefficient (Wildman–Crippen LogP) is 5.60. The largest absolute Gasteiger partial charge is 0.289 e. The maximum Gasteiger partial charge on any atom is 0.194 e. The summed E-state index contributed by atoms with van der Waals surface area (Å²) < 4.78 is 0.694. The van der Waals surface area contributed by atoms with Gasteiger partial charge in [-0.3, -0.25) is 4.79 Å². The molecule has 2 aromatic carbocycles.